The second-order valence-corrected chi connectivity index (χ2v) is 16.5. The van der Waals surface area contributed by atoms with Gasteiger partial charge in [-0.3, -0.25) is 9.59 Å². The first kappa shape index (κ1) is 23.9. The fourth-order valence-corrected chi connectivity index (χ4v) is 6.69. The van der Waals surface area contributed by atoms with Gasteiger partial charge in [0.1, 0.15) is 5.60 Å². The summed E-state index contributed by atoms with van der Waals surface area (Å²) in [7, 11) is -1.97. The van der Waals surface area contributed by atoms with Crippen LogP contribution in [0.3, 0.4) is 0 Å². The van der Waals surface area contributed by atoms with Crippen LogP contribution in [0.2, 0.25) is 18.1 Å². The molecule has 0 spiro atoms. The lowest BCUT2D eigenvalue weighted by Gasteiger charge is -2.37. The number of imide groups is 1. The van der Waals surface area contributed by atoms with E-state index < -0.39 is 31.4 Å². The molecule has 2 saturated heterocycles. The Labute approximate surface area is 207 Å². The van der Waals surface area contributed by atoms with Gasteiger partial charge in [0.05, 0.1) is 34.8 Å². The summed E-state index contributed by atoms with van der Waals surface area (Å²) >= 11 is 0. The Morgan fingerprint density at radius 1 is 1.06 bits per heavy atom. The summed E-state index contributed by atoms with van der Waals surface area (Å²) in [5.74, 6) is -1.66. The highest BCUT2D eigenvalue weighted by Gasteiger charge is 2.72. The Bertz CT molecular complexity index is 1320. The number of fused-ring (bicyclic) bond motifs is 6. The maximum absolute atomic E-state index is 13.9. The average molecular weight is 489 g/mol. The first-order valence-electron chi connectivity index (χ1n) is 12.2. The van der Waals surface area contributed by atoms with Crippen LogP contribution in [0.4, 0.5) is 5.69 Å². The summed E-state index contributed by atoms with van der Waals surface area (Å²) in [5.41, 5.74) is -0.642. The van der Waals surface area contributed by atoms with Gasteiger partial charge in [0.2, 0.25) is 11.8 Å². The van der Waals surface area contributed by atoms with E-state index in [0.29, 0.717) is 24.3 Å². The molecule has 7 heteroatoms. The van der Waals surface area contributed by atoms with Crippen LogP contribution >= 0.6 is 0 Å². The monoisotopic (exact) mass is 488 g/mol. The van der Waals surface area contributed by atoms with Crippen molar-refractivity contribution in [3.8, 4) is 6.07 Å². The molecule has 2 bridgehead atoms. The molecule has 4 atom stereocenters. The van der Waals surface area contributed by atoms with Gasteiger partial charge in [0.15, 0.2) is 8.32 Å². The molecular formula is C28H32N2O4Si. The largest absolute Gasteiger partial charge is 0.417 e. The lowest BCUT2D eigenvalue weighted by molar-refractivity contribution is -0.129. The van der Waals surface area contributed by atoms with Crippen molar-refractivity contribution in [2.45, 2.75) is 63.5 Å². The topological polar surface area (TPSA) is 79.6 Å². The minimum Gasteiger partial charge on any atom is -0.417 e. The highest BCUT2D eigenvalue weighted by molar-refractivity contribution is 6.74. The van der Waals surface area contributed by atoms with Crippen molar-refractivity contribution in [3.63, 3.8) is 0 Å². The van der Waals surface area contributed by atoms with E-state index in [-0.39, 0.29) is 16.9 Å². The van der Waals surface area contributed by atoms with Crippen LogP contribution in [0.25, 0.3) is 10.8 Å². The third-order valence-corrected chi connectivity index (χ3v) is 13.1. The van der Waals surface area contributed by atoms with Crippen molar-refractivity contribution in [1.29, 1.82) is 5.26 Å². The van der Waals surface area contributed by atoms with E-state index in [2.05, 4.69) is 39.9 Å². The number of nitriles is 1. The molecule has 3 aliphatic heterocycles. The van der Waals surface area contributed by atoms with Gasteiger partial charge in [0, 0.05) is 23.8 Å². The third-order valence-electron chi connectivity index (χ3n) is 8.58. The Kier molecular flexibility index (Phi) is 5.20. The normalized spacial score (nSPS) is 29.8. The van der Waals surface area contributed by atoms with Crippen molar-refractivity contribution < 1.29 is 18.8 Å². The van der Waals surface area contributed by atoms with Gasteiger partial charge in [0.25, 0.3) is 0 Å². The molecule has 35 heavy (non-hydrogen) atoms. The molecule has 0 radical (unpaired) electrons. The molecule has 2 amide bonds. The van der Waals surface area contributed by atoms with Crippen molar-refractivity contribution in [1.82, 2.24) is 0 Å². The first-order valence-corrected chi connectivity index (χ1v) is 15.1. The lowest BCUT2D eigenvalue weighted by Crippen LogP contribution is -2.44. The fraction of sp³-hybridized carbons (Fsp3) is 0.464. The molecule has 0 unspecified atom stereocenters. The van der Waals surface area contributed by atoms with E-state index in [1.54, 1.807) is 12.1 Å². The molecule has 3 aliphatic rings. The van der Waals surface area contributed by atoms with E-state index in [1.807, 2.05) is 43.3 Å². The molecule has 0 aromatic heterocycles. The summed E-state index contributed by atoms with van der Waals surface area (Å²) in [4.78, 5) is 29.1. The molecule has 0 aliphatic carbocycles. The lowest BCUT2D eigenvalue weighted by atomic mass is 9.71. The van der Waals surface area contributed by atoms with Gasteiger partial charge < -0.3 is 9.16 Å². The standard InChI is InChI=1S/C28H32N2O4Si/c1-26(2,3)35(5,6)33-16-15-28-14-13-27(4,34-28)22-23(28)25(32)30(24(22)31)21-12-11-18(17-29)19-9-7-8-10-20(19)21/h7-14,22-23H,15-16H2,1-6H3/t22-,23+,27-,28-/m1/s1. The fourth-order valence-electron chi connectivity index (χ4n) is 5.64. The minimum absolute atomic E-state index is 0.0797. The second kappa shape index (κ2) is 7.60. The van der Waals surface area contributed by atoms with Crippen LogP contribution in [-0.4, -0.2) is 37.9 Å². The number of nitrogens with zero attached hydrogens (tertiary/aromatic N) is 2. The van der Waals surface area contributed by atoms with E-state index in [9.17, 15) is 14.9 Å². The number of rotatable bonds is 5. The van der Waals surface area contributed by atoms with Gasteiger partial charge in [-0.25, -0.2) is 4.90 Å². The number of hydrogen-bond donors (Lipinski definition) is 0. The van der Waals surface area contributed by atoms with Crippen LogP contribution in [0, 0.1) is 23.2 Å². The van der Waals surface area contributed by atoms with Gasteiger partial charge in [-0.15, -0.1) is 0 Å². The van der Waals surface area contributed by atoms with Crippen LogP contribution in [0.5, 0.6) is 0 Å². The zero-order chi connectivity index (χ0) is 25.4. The van der Waals surface area contributed by atoms with E-state index in [0.717, 1.165) is 10.8 Å². The zero-order valence-electron chi connectivity index (χ0n) is 21.2. The van der Waals surface area contributed by atoms with Gasteiger partial charge >= 0.3 is 0 Å². The summed E-state index contributed by atoms with van der Waals surface area (Å²) in [6, 6.07) is 13.0. The van der Waals surface area contributed by atoms with E-state index >= 15 is 0 Å². The smallest absolute Gasteiger partial charge is 0.241 e. The molecule has 3 heterocycles. The number of hydrogen-bond acceptors (Lipinski definition) is 5. The first-order chi connectivity index (χ1) is 16.4. The van der Waals surface area contributed by atoms with E-state index in [4.69, 9.17) is 9.16 Å². The van der Waals surface area contributed by atoms with Crippen LogP contribution in [0.1, 0.15) is 39.7 Å². The summed E-state index contributed by atoms with van der Waals surface area (Å²) in [5, 5.41) is 11.1. The molecule has 2 aromatic carbocycles. The molecule has 6 nitrogen and oxygen atoms in total. The SMILES string of the molecule is CC(C)(C)[Si](C)(C)OCC[C@@]12C=C[C@@](C)(O1)[C@H]1C(=O)N(c3ccc(C#N)c4ccccc34)C(=O)[C@H]12. The van der Waals surface area contributed by atoms with Crippen molar-refractivity contribution in [3.05, 3.63) is 54.1 Å². The van der Waals surface area contributed by atoms with Gasteiger partial charge in [-0.05, 0) is 37.2 Å². The number of benzene rings is 2. The highest BCUT2D eigenvalue weighted by Crippen LogP contribution is 2.59. The quantitative estimate of drug-likeness (QED) is 0.323. The Balaban J connectivity index is 1.50. The summed E-state index contributed by atoms with van der Waals surface area (Å²) < 4.78 is 12.9. The molecule has 5 rings (SSSR count). The molecule has 182 valence electrons. The predicted octanol–water partition coefficient (Wildman–Crippen LogP) is 5.33. The number of anilines is 1. The average Bonchev–Trinajstić information content (AvgIpc) is 3.37. The van der Waals surface area contributed by atoms with Gasteiger partial charge in [-0.1, -0.05) is 57.2 Å². The maximum Gasteiger partial charge on any atom is 0.241 e. The molecule has 0 N–H and O–H groups in total. The number of carbonyl (C=O) groups excluding carboxylic acids is 2. The number of carbonyl (C=O) groups is 2. The predicted molar refractivity (Wildman–Crippen MR) is 137 cm³/mol. The second-order valence-electron chi connectivity index (χ2n) is 11.7. The molecule has 2 fully saturated rings. The molecule has 0 saturated carbocycles. The molecular weight excluding hydrogens is 456 g/mol. The Morgan fingerprint density at radius 2 is 1.71 bits per heavy atom. The maximum atomic E-state index is 13.9. The van der Waals surface area contributed by atoms with Crippen LogP contribution in [-0.2, 0) is 18.8 Å². The highest BCUT2D eigenvalue weighted by atomic mass is 28.4. The Hall–Kier alpha value is -2.79. The summed E-state index contributed by atoms with van der Waals surface area (Å²) in [6.45, 7) is 13.4. The molecule has 2 aromatic rings. The van der Waals surface area contributed by atoms with Crippen LogP contribution in [0.15, 0.2) is 48.6 Å². The number of ether oxygens (including phenoxy) is 1. The zero-order valence-corrected chi connectivity index (χ0v) is 22.2. The summed E-state index contributed by atoms with van der Waals surface area (Å²) in [6.07, 6.45) is 4.45. The van der Waals surface area contributed by atoms with Crippen molar-refractivity contribution >= 4 is 36.6 Å². The van der Waals surface area contributed by atoms with E-state index in [1.165, 1.54) is 4.90 Å². The van der Waals surface area contributed by atoms with Crippen molar-refractivity contribution in [2.75, 3.05) is 11.5 Å². The number of amides is 2. The third kappa shape index (κ3) is 3.35. The Morgan fingerprint density at radius 3 is 2.37 bits per heavy atom. The van der Waals surface area contributed by atoms with Crippen molar-refractivity contribution in [2.24, 2.45) is 11.8 Å². The van der Waals surface area contributed by atoms with Gasteiger partial charge in [-0.2, -0.15) is 5.26 Å². The van der Waals surface area contributed by atoms with Crippen LogP contribution < -0.4 is 4.90 Å². The minimum atomic E-state index is -1.97.